The first kappa shape index (κ1) is 10.4. The van der Waals surface area contributed by atoms with Crippen LogP contribution in [0.2, 0.25) is 0 Å². The molecule has 1 unspecified atom stereocenters. The number of hydrogen-bond acceptors (Lipinski definition) is 1. The third-order valence-corrected chi connectivity index (χ3v) is 2.98. The third kappa shape index (κ3) is 2.48. The molecule has 2 aromatic rings. The maximum absolute atomic E-state index is 13.3. The van der Waals surface area contributed by atoms with E-state index in [-0.39, 0.29) is 10.6 Å². The van der Waals surface area contributed by atoms with Gasteiger partial charge in [0.15, 0.2) is 0 Å². The molecule has 1 aromatic heterocycles. The number of alkyl halides is 1. The molecule has 0 aliphatic rings. The van der Waals surface area contributed by atoms with Crippen LogP contribution in [0.25, 0.3) is 0 Å². The Bertz CT molecular complexity index is 425. The second kappa shape index (κ2) is 4.62. The molecular weight excluding hydrogens is 259 g/mol. The Morgan fingerprint density at radius 3 is 2.67 bits per heavy atom. The van der Waals surface area contributed by atoms with E-state index in [4.69, 9.17) is 4.42 Å². The number of benzene rings is 1. The summed E-state index contributed by atoms with van der Waals surface area (Å²) in [6, 6.07) is 10.5. The standard InChI is InChI=1S/C12H10BrFO/c13-10(12-6-3-7-15-12)8-9-4-1-2-5-11(9)14/h1-7,10H,8H2. The molecule has 15 heavy (non-hydrogen) atoms. The smallest absolute Gasteiger partial charge is 0.126 e. The van der Waals surface area contributed by atoms with E-state index in [0.717, 1.165) is 5.76 Å². The molecule has 1 atom stereocenters. The summed E-state index contributed by atoms with van der Waals surface area (Å²) in [5.74, 6) is 0.645. The van der Waals surface area contributed by atoms with E-state index in [1.807, 2.05) is 18.2 Å². The normalized spacial score (nSPS) is 12.7. The lowest BCUT2D eigenvalue weighted by atomic mass is 10.1. The molecule has 1 nitrogen and oxygen atoms in total. The average Bonchev–Trinajstić information content (AvgIpc) is 2.74. The largest absolute Gasteiger partial charge is 0.468 e. The maximum atomic E-state index is 13.3. The highest BCUT2D eigenvalue weighted by Gasteiger charge is 2.13. The van der Waals surface area contributed by atoms with E-state index in [2.05, 4.69) is 15.9 Å². The van der Waals surface area contributed by atoms with Gasteiger partial charge >= 0.3 is 0 Å². The van der Waals surface area contributed by atoms with Gasteiger partial charge in [-0.3, -0.25) is 0 Å². The highest BCUT2D eigenvalue weighted by molar-refractivity contribution is 9.09. The molecular formula is C12H10BrFO. The van der Waals surface area contributed by atoms with Crippen molar-refractivity contribution in [3.05, 3.63) is 59.8 Å². The van der Waals surface area contributed by atoms with Crippen molar-refractivity contribution in [1.29, 1.82) is 0 Å². The van der Waals surface area contributed by atoms with Crippen molar-refractivity contribution >= 4 is 15.9 Å². The van der Waals surface area contributed by atoms with E-state index < -0.39 is 0 Å². The molecule has 0 saturated carbocycles. The molecule has 0 aliphatic heterocycles. The monoisotopic (exact) mass is 268 g/mol. The van der Waals surface area contributed by atoms with Gasteiger partial charge in [0.05, 0.1) is 11.1 Å². The predicted molar refractivity (Wildman–Crippen MR) is 60.5 cm³/mol. The first-order valence-corrected chi connectivity index (χ1v) is 5.60. The van der Waals surface area contributed by atoms with E-state index in [9.17, 15) is 4.39 Å². The highest BCUT2D eigenvalue weighted by atomic mass is 79.9. The fourth-order valence-electron chi connectivity index (χ4n) is 1.43. The van der Waals surface area contributed by atoms with Crippen LogP contribution in [0, 0.1) is 5.82 Å². The van der Waals surface area contributed by atoms with Gasteiger partial charge in [-0.1, -0.05) is 34.1 Å². The van der Waals surface area contributed by atoms with Crippen LogP contribution in [-0.2, 0) is 6.42 Å². The molecule has 3 heteroatoms. The van der Waals surface area contributed by atoms with Crippen molar-refractivity contribution in [2.45, 2.75) is 11.2 Å². The Hall–Kier alpha value is -1.09. The fraction of sp³-hybridized carbons (Fsp3) is 0.167. The number of furan rings is 1. The molecule has 2 rings (SSSR count). The van der Waals surface area contributed by atoms with Crippen LogP contribution in [0.5, 0.6) is 0 Å². The molecule has 0 amide bonds. The molecule has 0 aliphatic carbocycles. The van der Waals surface area contributed by atoms with Crippen molar-refractivity contribution in [1.82, 2.24) is 0 Å². The van der Waals surface area contributed by atoms with Gasteiger partial charge in [0.25, 0.3) is 0 Å². The van der Waals surface area contributed by atoms with Crippen molar-refractivity contribution in [2.24, 2.45) is 0 Å². The van der Waals surface area contributed by atoms with Crippen molar-refractivity contribution in [3.63, 3.8) is 0 Å². The zero-order chi connectivity index (χ0) is 10.7. The quantitative estimate of drug-likeness (QED) is 0.764. The summed E-state index contributed by atoms with van der Waals surface area (Å²) >= 11 is 3.48. The topological polar surface area (TPSA) is 13.1 Å². The van der Waals surface area contributed by atoms with Crippen LogP contribution in [0.1, 0.15) is 16.2 Å². The van der Waals surface area contributed by atoms with Gasteiger partial charge < -0.3 is 4.42 Å². The average molecular weight is 269 g/mol. The molecule has 0 N–H and O–H groups in total. The number of rotatable bonds is 3. The van der Waals surface area contributed by atoms with Gasteiger partial charge in [-0.2, -0.15) is 0 Å². The van der Waals surface area contributed by atoms with E-state index in [1.54, 1.807) is 18.4 Å². The van der Waals surface area contributed by atoms with E-state index >= 15 is 0 Å². The molecule has 0 saturated heterocycles. The van der Waals surface area contributed by atoms with Gasteiger partial charge in [0.1, 0.15) is 11.6 Å². The molecule has 1 aromatic carbocycles. The minimum absolute atomic E-state index is 0.0180. The molecule has 78 valence electrons. The second-order valence-electron chi connectivity index (χ2n) is 3.28. The number of halogens is 2. The minimum atomic E-state index is -0.173. The van der Waals surface area contributed by atoms with Gasteiger partial charge in [0.2, 0.25) is 0 Å². The first-order valence-electron chi connectivity index (χ1n) is 4.68. The third-order valence-electron chi connectivity index (χ3n) is 2.21. The first-order chi connectivity index (χ1) is 7.27. The van der Waals surface area contributed by atoms with Gasteiger partial charge in [0, 0.05) is 0 Å². The van der Waals surface area contributed by atoms with Crippen LogP contribution in [0.15, 0.2) is 47.1 Å². The molecule has 1 heterocycles. The van der Waals surface area contributed by atoms with Crippen LogP contribution in [0.3, 0.4) is 0 Å². The predicted octanol–water partition coefficient (Wildman–Crippen LogP) is 4.10. The summed E-state index contributed by atoms with van der Waals surface area (Å²) in [4.78, 5) is 0.0180. The molecule has 0 spiro atoms. The van der Waals surface area contributed by atoms with Crippen LogP contribution >= 0.6 is 15.9 Å². The highest BCUT2D eigenvalue weighted by Crippen LogP contribution is 2.27. The van der Waals surface area contributed by atoms with Crippen LogP contribution in [-0.4, -0.2) is 0 Å². The van der Waals surface area contributed by atoms with Crippen molar-refractivity contribution in [2.75, 3.05) is 0 Å². The summed E-state index contributed by atoms with van der Waals surface area (Å²) in [6.45, 7) is 0. The second-order valence-corrected chi connectivity index (χ2v) is 4.38. The van der Waals surface area contributed by atoms with E-state index in [1.165, 1.54) is 6.07 Å². The summed E-state index contributed by atoms with van der Waals surface area (Å²) in [5, 5.41) is 0. The summed E-state index contributed by atoms with van der Waals surface area (Å²) in [6.07, 6.45) is 2.20. The Labute approximate surface area is 96.0 Å². The number of hydrogen-bond donors (Lipinski definition) is 0. The SMILES string of the molecule is Fc1ccccc1CC(Br)c1ccco1. The Kier molecular flexibility index (Phi) is 3.21. The molecule has 0 bridgehead atoms. The summed E-state index contributed by atoms with van der Waals surface area (Å²) < 4.78 is 18.6. The van der Waals surface area contributed by atoms with Gasteiger partial charge in [-0.15, -0.1) is 0 Å². The Morgan fingerprint density at radius 1 is 1.20 bits per heavy atom. The zero-order valence-corrected chi connectivity index (χ0v) is 9.58. The fourth-order valence-corrected chi connectivity index (χ4v) is 2.04. The Morgan fingerprint density at radius 2 is 2.00 bits per heavy atom. The lowest BCUT2D eigenvalue weighted by Crippen LogP contribution is -1.96. The van der Waals surface area contributed by atoms with Crippen LogP contribution < -0.4 is 0 Å². The van der Waals surface area contributed by atoms with Gasteiger partial charge in [-0.05, 0) is 30.2 Å². The lowest BCUT2D eigenvalue weighted by molar-refractivity contribution is 0.504. The van der Waals surface area contributed by atoms with Crippen LogP contribution in [0.4, 0.5) is 4.39 Å². The lowest BCUT2D eigenvalue weighted by Gasteiger charge is -2.07. The zero-order valence-electron chi connectivity index (χ0n) is 7.99. The summed E-state index contributed by atoms with van der Waals surface area (Å²) in [5.41, 5.74) is 0.691. The molecule has 0 fully saturated rings. The van der Waals surface area contributed by atoms with Crippen molar-refractivity contribution < 1.29 is 8.81 Å². The maximum Gasteiger partial charge on any atom is 0.126 e. The summed E-state index contributed by atoms with van der Waals surface area (Å²) in [7, 11) is 0. The Balaban J connectivity index is 2.13. The molecule has 0 radical (unpaired) electrons. The van der Waals surface area contributed by atoms with E-state index in [0.29, 0.717) is 12.0 Å². The van der Waals surface area contributed by atoms with Crippen molar-refractivity contribution in [3.8, 4) is 0 Å². The minimum Gasteiger partial charge on any atom is -0.468 e. The van der Waals surface area contributed by atoms with Gasteiger partial charge in [-0.25, -0.2) is 4.39 Å².